The van der Waals surface area contributed by atoms with Gasteiger partial charge in [0.1, 0.15) is 0 Å². The Bertz CT molecular complexity index is 325. The van der Waals surface area contributed by atoms with Crippen LogP contribution in [0.3, 0.4) is 0 Å². The van der Waals surface area contributed by atoms with Crippen LogP contribution in [0, 0.1) is 34.5 Å². The molecule has 6 atom stereocenters. The quantitative estimate of drug-likeness (QED) is 0.736. The second-order valence-electron chi connectivity index (χ2n) is 7.48. The van der Waals surface area contributed by atoms with Crippen LogP contribution in [0.25, 0.3) is 0 Å². The van der Waals surface area contributed by atoms with Gasteiger partial charge in [0.05, 0.1) is 12.7 Å². The Morgan fingerprint density at radius 1 is 1.12 bits per heavy atom. The Hall–Kier alpha value is -0.0800. The number of aliphatic hydroxyl groups is 2. The molecule has 3 fully saturated rings. The van der Waals surface area contributed by atoms with Gasteiger partial charge < -0.3 is 10.2 Å². The summed E-state index contributed by atoms with van der Waals surface area (Å²) in [7, 11) is 0. The first-order valence-corrected chi connectivity index (χ1v) is 7.24. The molecule has 0 bridgehead atoms. The maximum absolute atomic E-state index is 10.4. The lowest BCUT2D eigenvalue weighted by molar-refractivity contribution is -0.132. The third-order valence-electron chi connectivity index (χ3n) is 6.58. The zero-order chi connectivity index (χ0) is 12.4. The maximum Gasteiger partial charge on any atom is 0.0621 e. The van der Waals surface area contributed by atoms with E-state index in [9.17, 15) is 10.2 Å². The van der Waals surface area contributed by atoms with Crippen molar-refractivity contribution in [2.45, 2.75) is 52.6 Å². The summed E-state index contributed by atoms with van der Waals surface area (Å²) in [5, 5.41) is 20.3. The third kappa shape index (κ3) is 1.34. The van der Waals surface area contributed by atoms with Crippen molar-refractivity contribution >= 4 is 0 Å². The Morgan fingerprint density at radius 3 is 2.47 bits per heavy atom. The van der Waals surface area contributed by atoms with Gasteiger partial charge in [-0.25, -0.2) is 0 Å². The first kappa shape index (κ1) is 12.0. The van der Waals surface area contributed by atoms with Crippen molar-refractivity contribution in [3.05, 3.63) is 0 Å². The minimum Gasteiger partial charge on any atom is -0.396 e. The monoisotopic (exact) mass is 238 g/mol. The normalized spacial score (nSPS) is 55.9. The van der Waals surface area contributed by atoms with Crippen molar-refractivity contribution in [1.29, 1.82) is 0 Å². The molecule has 3 aliphatic carbocycles. The second kappa shape index (κ2) is 3.48. The van der Waals surface area contributed by atoms with Crippen LogP contribution in [0.15, 0.2) is 0 Å². The van der Waals surface area contributed by atoms with E-state index < -0.39 is 0 Å². The second-order valence-corrected chi connectivity index (χ2v) is 7.48. The average Bonchev–Trinajstić information content (AvgIpc) is 2.86. The summed E-state index contributed by atoms with van der Waals surface area (Å²) < 4.78 is 0. The molecule has 0 saturated heterocycles. The Kier molecular flexibility index (Phi) is 2.45. The van der Waals surface area contributed by atoms with Crippen molar-refractivity contribution in [3.8, 4) is 0 Å². The zero-order valence-corrected chi connectivity index (χ0v) is 11.3. The van der Waals surface area contributed by atoms with E-state index in [0.717, 1.165) is 31.1 Å². The van der Waals surface area contributed by atoms with Crippen molar-refractivity contribution in [2.75, 3.05) is 6.61 Å². The molecule has 3 saturated carbocycles. The summed E-state index contributed by atoms with van der Waals surface area (Å²) in [6.45, 7) is 7.27. The summed E-state index contributed by atoms with van der Waals surface area (Å²) in [4.78, 5) is 0. The van der Waals surface area contributed by atoms with Crippen LogP contribution in [-0.4, -0.2) is 22.9 Å². The highest BCUT2D eigenvalue weighted by Gasteiger charge is 2.69. The van der Waals surface area contributed by atoms with Gasteiger partial charge in [0, 0.05) is 5.41 Å². The van der Waals surface area contributed by atoms with Gasteiger partial charge in [-0.15, -0.1) is 0 Å². The predicted octanol–water partition coefficient (Wildman–Crippen LogP) is 2.44. The molecule has 2 N–H and O–H groups in total. The fourth-order valence-corrected chi connectivity index (χ4v) is 5.49. The van der Waals surface area contributed by atoms with E-state index in [4.69, 9.17) is 0 Å². The molecule has 2 nitrogen and oxygen atoms in total. The first-order chi connectivity index (χ1) is 7.95. The van der Waals surface area contributed by atoms with Crippen LogP contribution < -0.4 is 0 Å². The summed E-state index contributed by atoms with van der Waals surface area (Å²) in [6, 6.07) is 0. The highest BCUT2D eigenvalue weighted by atomic mass is 16.3. The zero-order valence-electron chi connectivity index (χ0n) is 11.3. The summed E-state index contributed by atoms with van der Waals surface area (Å²) >= 11 is 0. The molecule has 0 spiro atoms. The van der Waals surface area contributed by atoms with E-state index in [2.05, 4.69) is 20.8 Å². The fraction of sp³-hybridized carbons (Fsp3) is 1.00. The molecule has 0 amide bonds. The number of aliphatic hydroxyl groups excluding tert-OH is 2. The molecule has 0 unspecified atom stereocenters. The summed E-state index contributed by atoms with van der Waals surface area (Å²) in [5.74, 6) is 2.80. The number of rotatable bonds is 1. The fourth-order valence-electron chi connectivity index (χ4n) is 5.49. The van der Waals surface area contributed by atoms with E-state index in [1.54, 1.807) is 0 Å². The van der Waals surface area contributed by atoms with E-state index in [0.29, 0.717) is 17.3 Å². The number of fused-ring (bicyclic) bond motifs is 3. The standard InChI is InChI=1S/C15H26O2/c1-9-4-5-11(17)15(8-16)7-6-10-13(12(9)15)14(10,2)3/h9-13,16-17H,4-8H2,1-3H3/t9-,10+,11+,12-,13+,15-/m1/s1. The molecule has 2 heteroatoms. The lowest BCUT2D eigenvalue weighted by Gasteiger charge is -2.52. The van der Waals surface area contributed by atoms with Gasteiger partial charge in [-0.1, -0.05) is 20.8 Å². The maximum atomic E-state index is 10.4. The van der Waals surface area contributed by atoms with Gasteiger partial charge in [-0.3, -0.25) is 0 Å². The van der Waals surface area contributed by atoms with E-state index >= 15 is 0 Å². The third-order valence-corrected chi connectivity index (χ3v) is 6.58. The van der Waals surface area contributed by atoms with Crippen LogP contribution in [-0.2, 0) is 0 Å². The molecule has 0 aromatic heterocycles. The molecule has 0 aromatic carbocycles. The van der Waals surface area contributed by atoms with Gasteiger partial charge in [-0.2, -0.15) is 0 Å². The van der Waals surface area contributed by atoms with Crippen molar-refractivity contribution < 1.29 is 10.2 Å². The largest absolute Gasteiger partial charge is 0.396 e. The van der Waals surface area contributed by atoms with E-state index in [1.807, 2.05) is 0 Å². The van der Waals surface area contributed by atoms with Gasteiger partial charge >= 0.3 is 0 Å². The molecule has 0 radical (unpaired) electrons. The summed E-state index contributed by atoms with van der Waals surface area (Å²) in [5.41, 5.74) is 0.277. The average molecular weight is 238 g/mol. The van der Waals surface area contributed by atoms with Crippen LogP contribution in [0.4, 0.5) is 0 Å². The van der Waals surface area contributed by atoms with Crippen molar-refractivity contribution in [2.24, 2.45) is 34.5 Å². The highest BCUT2D eigenvalue weighted by Crippen LogP contribution is 2.73. The molecule has 3 aliphatic rings. The smallest absolute Gasteiger partial charge is 0.0621 e. The Morgan fingerprint density at radius 2 is 1.82 bits per heavy atom. The molecular formula is C15H26O2. The van der Waals surface area contributed by atoms with Gasteiger partial charge in [0.15, 0.2) is 0 Å². The topological polar surface area (TPSA) is 40.5 Å². The summed E-state index contributed by atoms with van der Waals surface area (Å²) in [6.07, 6.45) is 3.98. The molecule has 98 valence electrons. The molecule has 3 rings (SSSR count). The number of hydrogen-bond donors (Lipinski definition) is 2. The lowest BCUT2D eigenvalue weighted by atomic mass is 9.54. The SMILES string of the molecule is C[C@@H]1CC[C@H](O)[C@]2(CO)CC[C@H]3[C@@H]([C@@H]12)C3(C)C. The van der Waals surface area contributed by atoms with Crippen LogP contribution >= 0.6 is 0 Å². The van der Waals surface area contributed by atoms with E-state index in [1.165, 1.54) is 6.42 Å². The van der Waals surface area contributed by atoms with Crippen LogP contribution in [0.1, 0.15) is 46.5 Å². The van der Waals surface area contributed by atoms with Crippen molar-refractivity contribution in [3.63, 3.8) is 0 Å². The van der Waals surface area contributed by atoms with Crippen molar-refractivity contribution in [1.82, 2.24) is 0 Å². The molecule has 0 aromatic rings. The Balaban J connectivity index is 1.97. The van der Waals surface area contributed by atoms with Crippen LogP contribution in [0.5, 0.6) is 0 Å². The minimum atomic E-state index is -0.272. The first-order valence-electron chi connectivity index (χ1n) is 7.24. The number of hydrogen-bond acceptors (Lipinski definition) is 2. The van der Waals surface area contributed by atoms with Crippen LogP contribution in [0.2, 0.25) is 0 Å². The van der Waals surface area contributed by atoms with Gasteiger partial charge in [0.2, 0.25) is 0 Å². The Labute approximate surface area is 104 Å². The highest BCUT2D eigenvalue weighted by molar-refractivity contribution is 5.17. The van der Waals surface area contributed by atoms with Gasteiger partial charge in [0.25, 0.3) is 0 Å². The minimum absolute atomic E-state index is 0.174. The van der Waals surface area contributed by atoms with Gasteiger partial charge in [-0.05, 0) is 54.8 Å². The predicted molar refractivity (Wildman–Crippen MR) is 67.4 cm³/mol. The van der Waals surface area contributed by atoms with E-state index in [-0.39, 0.29) is 18.1 Å². The molecular weight excluding hydrogens is 212 g/mol. The molecule has 0 aliphatic heterocycles. The molecule has 0 heterocycles. The lowest BCUT2D eigenvalue weighted by Crippen LogP contribution is -2.53. The molecule has 17 heavy (non-hydrogen) atoms.